The molecule has 0 aliphatic rings. The van der Waals surface area contributed by atoms with E-state index in [1.165, 1.54) is 75.3 Å². The Morgan fingerprint density at radius 3 is 1.63 bits per heavy atom. The summed E-state index contributed by atoms with van der Waals surface area (Å²) >= 11 is 0. The summed E-state index contributed by atoms with van der Waals surface area (Å²) in [4.78, 5) is 0. The molecule has 0 atom stereocenters. The summed E-state index contributed by atoms with van der Waals surface area (Å²) in [6.45, 7) is 4.86. The Morgan fingerprint density at radius 2 is 1.03 bits per heavy atom. The molecule has 0 fully saturated rings. The molecule has 3 rings (SSSR count). The van der Waals surface area contributed by atoms with Gasteiger partial charge in [0.2, 0.25) is 0 Å². The van der Waals surface area contributed by atoms with Gasteiger partial charge in [0.05, 0.1) is 0 Å². The van der Waals surface area contributed by atoms with Crippen LogP contribution in [0.15, 0.2) is 66.7 Å². The summed E-state index contributed by atoms with van der Waals surface area (Å²) in [7, 11) is 0. The number of hydrogen-bond donors (Lipinski definition) is 0. The fourth-order valence-electron chi connectivity index (χ4n) is 4.49. The largest absolute Gasteiger partial charge is 0.486 e. The van der Waals surface area contributed by atoms with Gasteiger partial charge < -0.3 is 4.74 Å². The van der Waals surface area contributed by atoms with E-state index in [1.54, 1.807) is 12.1 Å². The van der Waals surface area contributed by atoms with Gasteiger partial charge in [-0.2, -0.15) is 0 Å². The summed E-state index contributed by atoms with van der Waals surface area (Å²) in [6, 6.07) is 22.4. The molecule has 188 valence electrons. The molecule has 1 nitrogen and oxygen atoms in total. The van der Waals surface area contributed by atoms with Crippen molar-refractivity contribution in [1.29, 1.82) is 0 Å². The molecule has 0 bridgehead atoms. The zero-order chi connectivity index (χ0) is 24.7. The Bertz CT molecular complexity index is 975. The number of aryl methyl sites for hydroxylation is 2. The van der Waals surface area contributed by atoms with Crippen LogP contribution in [0.3, 0.4) is 0 Å². The van der Waals surface area contributed by atoms with Crippen LogP contribution in [0.25, 0.3) is 11.1 Å². The van der Waals surface area contributed by atoms with Crippen LogP contribution in [-0.4, -0.2) is 0 Å². The fraction of sp³-hybridized carbons (Fsp3) is 0.455. The second-order valence-electron chi connectivity index (χ2n) is 9.78. The molecule has 0 spiro atoms. The Kier molecular flexibility index (Phi) is 11.9. The van der Waals surface area contributed by atoms with Crippen LogP contribution in [0.4, 0.5) is 4.39 Å². The van der Waals surface area contributed by atoms with Gasteiger partial charge in [0.15, 0.2) is 11.6 Å². The Labute approximate surface area is 212 Å². The molecule has 0 aromatic heterocycles. The highest BCUT2D eigenvalue weighted by atomic mass is 19.1. The van der Waals surface area contributed by atoms with E-state index in [0.29, 0.717) is 12.4 Å². The molecule has 0 saturated heterocycles. The highest BCUT2D eigenvalue weighted by molar-refractivity contribution is 5.64. The molecule has 0 saturated carbocycles. The summed E-state index contributed by atoms with van der Waals surface area (Å²) in [5.41, 5.74) is 5.70. The van der Waals surface area contributed by atoms with Gasteiger partial charge in [-0.3, -0.25) is 0 Å². The lowest BCUT2D eigenvalue weighted by Gasteiger charge is -2.10. The summed E-state index contributed by atoms with van der Waals surface area (Å²) < 4.78 is 20.5. The van der Waals surface area contributed by atoms with Crippen LogP contribution in [0, 0.1) is 5.82 Å². The van der Waals surface area contributed by atoms with E-state index in [-0.39, 0.29) is 5.82 Å². The number of halogens is 1. The second kappa shape index (κ2) is 15.4. The van der Waals surface area contributed by atoms with E-state index in [1.807, 2.05) is 6.07 Å². The highest BCUT2D eigenvalue weighted by Crippen LogP contribution is 2.27. The van der Waals surface area contributed by atoms with E-state index < -0.39 is 0 Å². The molecule has 0 aliphatic heterocycles. The first-order chi connectivity index (χ1) is 17.2. The predicted molar refractivity (Wildman–Crippen MR) is 148 cm³/mol. The number of hydrogen-bond acceptors (Lipinski definition) is 1. The molecule has 0 aliphatic carbocycles. The maximum atomic E-state index is 14.8. The minimum absolute atomic E-state index is 0.303. The van der Waals surface area contributed by atoms with Gasteiger partial charge in [-0.1, -0.05) is 120 Å². The molecule has 0 unspecified atom stereocenters. The van der Waals surface area contributed by atoms with Crippen molar-refractivity contribution in [3.8, 4) is 16.9 Å². The lowest BCUT2D eigenvalue weighted by Crippen LogP contribution is -1.98. The van der Waals surface area contributed by atoms with Gasteiger partial charge in [-0.25, -0.2) is 4.39 Å². The minimum Gasteiger partial charge on any atom is -0.486 e. The van der Waals surface area contributed by atoms with E-state index in [0.717, 1.165) is 29.5 Å². The number of unbranched alkanes of at least 4 members (excludes halogenated alkanes) is 8. The first-order valence-electron chi connectivity index (χ1n) is 13.8. The van der Waals surface area contributed by atoms with E-state index in [4.69, 9.17) is 4.74 Å². The van der Waals surface area contributed by atoms with Crippen molar-refractivity contribution in [2.75, 3.05) is 0 Å². The van der Waals surface area contributed by atoms with E-state index >= 15 is 0 Å². The standard InChI is InChI=1S/C33H43FO/c1-3-5-7-9-10-12-14-28-19-21-30(22-20-28)31-23-24-33(32(34)25-31)35-26-29-17-15-27(16-18-29)13-11-8-6-4-2/h15-25H,3-14,26H2,1-2H3. The van der Waals surface area contributed by atoms with Crippen molar-refractivity contribution in [2.45, 2.75) is 97.5 Å². The first-order valence-corrected chi connectivity index (χ1v) is 13.8. The van der Waals surface area contributed by atoms with Crippen LogP contribution >= 0.6 is 0 Å². The van der Waals surface area contributed by atoms with Gasteiger partial charge in [-0.05, 0) is 65.6 Å². The SMILES string of the molecule is CCCCCCCCc1ccc(-c2ccc(OCc3ccc(CCCCCC)cc3)c(F)c2)cc1. The van der Waals surface area contributed by atoms with Crippen LogP contribution in [0.5, 0.6) is 5.75 Å². The molecule has 0 amide bonds. The molecule has 0 N–H and O–H groups in total. The molecular formula is C33H43FO. The van der Waals surface area contributed by atoms with Crippen molar-refractivity contribution in [2.24, 2.45) is 0 Å². The summed E-state index contributed by atoms with van der Waals surface area (Å²) in [5, 5.41) is 0. The maximum Gasteiger partial charge on any atom is 0.165 e. The van der Waals surface area contributed by atoms with Gasteiger partial charge in [0, 0.05) is 0 Å². The minimum atomic E-state index is -0.314. The van der Waals surface area contributed by atoms with E-state index in [2.05, 4.69) is 62.4 Å². The van der Waals surface area contributed by atoms with Crippen molar-refractivity contribution in [3.05, 3.63) is 89.2 Å². The van der Waals surface area contributed by atoms with E-state index in [9.17, 15) is 4.39 Å². The van der Waals surface area contributed by atoms with Crippen LogP contribution in [0.1, 0.15) is 94.7 Å². The van der Waals surface area contributed by atoms with Gasteiger partial charge in [0.25, 0.3) is 0 Å². The Morgan fingerprint density at radius 1 is 0.543 bits per heavy atom. The maximum absolute atomic E-state index is 14.8. The third-order valence-electron chi connectivity index (χ3n) is 6.77. The van der Waals surface area contributed by atoms with Crippen LogP contribution < -0.4 is 4.74 Å². The average molecular weight is 475 g/mol. The topological polar surface area (TPSA) is 9.23 Å². The van der Waals surface area contributed by atoms with Crippen molar-refractivity contribution in [3.63, 3.8) is 0 Å². The lowest BCUT2D eigenvalue weighted by molar-refractivity contribution is 0.290. The van der Waals surface area contributed by atoms with Gasteiger partial charge >= 0.3 is 0 Å². The third kappa shape index (κ3) is 9.51. The smallest absolute Gasteiger partial charge is 0.165 e. The number of rotatable bonds is 16. The number of benzene rings is 3. The monoisotopic (exact) mass is 474 g/mol. The number of ether oxygens (including phenoxy) is 1. The third-order valence-corrected chi connectivity index (χ3v) is 6.77. The first kappa shape index (κ1) is 27.0. The summed E-state index contributed by atoms with van der Waals surface area (Å²) in [6.07, 6.45) is 15.2. The molecule has 2 heteroatoms. The fourth-order valence-corrected chi connectivity index (χ4v) is 4.49. The molecule has 35 heavy (non-hydrogen) atoms. The van der Waals surface area contributed by atoms with Crippen molar-refractivity contribution in [1.82, 2.24) is 0 Å². The normalized spacial score (nSPS) is 11.1. The van der Waals surface area contributed by atoms with Crippen LogP contribution in [0.2, 0.25) is 0 Å². The molecule has 3 aromatic carbocycles. The second-order valence-corrected chi connectivity index (χ2v) is 9.78. The lowest BCUT2D eigenvalue weighted by atomic mass is 10.0. The average Bonchev–Trinajstić information content (AvgIpc) is 2.89. The highest BCUT2D eigenvalue weighted by Gasteiger charge is 2.07. The zero-order valence-electron chi connectivity index (χ0n) is 21.8. The Balaban J connectivity index is 1.47. The van der Waals surface area contributed by atoms with Crippen LogP contribution in [-0.2, 0) is 19.4 Å². The molecular weight excluding hydrogens is 431 g/mol. The zero-order valence-corrected chi connectivity index (χ0v) is 21.8. The predicted octanol–water partition coefficient (Wildman–Crippen LogP) is 10.1. The Hall–Kier alpha value is -2.61. The van der Waals surface area contributed by atoms with Crippen molar-refractivity contribution < 1.29 is 9.13 Å². The van der Waals surface area contributed by atoms with Gasteiger partial charge in [-0.15, -0.1) is 0 Å². The molecule has 3 aromatic rings. The summed E-state index contributed by atoms with van der Waals surface area (Å²) in [5.74, 6) is -0.0108. The molecule has 0 heterocycles. The van der Waals surface area contributed by atoms with Crippen molar-refractivity contribution >= 4 is 0 Å². The molecule has 0 radical (unpaired) electrons. The quantitative estimate of drug-likeness (QED) is 0.188. The van der Waals surface area contributed by atoms with Gasteiger partial charge in [0.1, 0.15) is 6.61 Å².